The number of nitrogens with two attached hydrogens (primary N) is 1. The smallest absolute Gasteiger partial charge is 0.258 e. The van der Waals surface area contributed by atoms with Crippen molar-refractivity contribution in [2.45, 2.75) is 63.6 Å². The van der Waals surface area contributed by atoms with Gasteiger partial charge in [-0.2, -0.15) is 0 Å². The van der Waals surface area contributed by atoms with Crippen LogP contribution in [0.4, 0.5) is 0 Å². The zero-order chi connectivity index (χ0) is 18.6. The molecule has 0 saturated carbocycles. The molecule has 1 unspecified atom stereocenters. The van der Waals surface area contributed by atoms with Crippen molar-refractivity contribution < 1.29 is 39.2 Å². The molecular formula is C14H23N2O8. The normalized spacial score (nSPS) is 32.7. The van der Waals surface area contributed by atoms with E-state index in [0.717, 1.165) is 6.92 Å². The Kier molecular flexibility index (Phi) is 7.39. The van der Waals surface area contributed by atoms with E-state index in [1.807, 2.05) is 0 Å². The van der Waals surface area contributed by atoms with Gasteiger partial charge in [0.05, 0.1) is 12.6 Å². The summed E-state index contributed by atoms with van der Waals surface area (Å²) in [4.78, 5) is 35.3. The summed E-state index contributed by atoms with van der Waals surface area (Å²) in [5.41, 5.74) is 5.70. The Bertz CT molecular complexity index is 474. The number of ether oxygens (including phenoxy) is 2. The maximum Gasteiger partial charge on any atom is 0.258 e. The van der Waals surface area contributed by atoms with E-state index in [4.69, 9.17) is 20.3 Å². The number of aliphatic hydroxyl groups excluding tert-OH is 3. The summed E-state index contributed by atoms with van der Waals surface area (Å²) in [6, 6.07) is -2.29. The third kappa shape index (κ3) is 4.35. The minimum Gasteiger partial charge on any atom is -0.394 e. The molecule has 10 heteroatoms. The lowest BCUT2D eigenvalue weighted by molar-refractivity contribution is -0.262. The molecule has 0 aromatic carbocycles. The summed E-state index contributed by atoms with van der Waals surface area (Å²) in [5.74, 6) is -1.49. The lowest BCUT2D eigenvalue weighted by Gasteiger charge is -2.41. The predicted molar refractivity (Wildman–Crippen MR) is 79.0 cm³/mol. The molecule has 0 aliphatic carbocycles. The van der Waals surface area contributed by atoms with Gasteiger partial charge >= 0.3 is 0 Å². The number of rotatable bonds is 6. The molecule has 1 heterocycles. The Morgan fingerprint density at radius 2 is 1.96 bits per heavy atom. The lowest BCUT2D eigenvalue weighted by Crippen LogP contribution is -2.64. The number of aliphatic hydroxyl groups is 3. The maximum atomic E-state index is 12.3. The van der Waals surface area contributed by atoms with Crippen LogP contribution < -0.4 is 5.73 Å². The average Bonchev–Trinajstić information content (AvgIpc) is 2.53. The second kappa shape index (κ2) is 8.60. The highest BCUT2D eigenvalue weighted by molar-refractivity contribution is 5.98. The minimum atomic E-state index is -1.51. The summed E-state index contributed by atoms with van der Waals surface area (Å²) in [6.45, 7) is 3.15. The van der Waals surface area contributed by atoms with E-state index in [2.05, 4.69) is 0 Å². The van der Waals surface area contributed by atoms with Crippen LogP contribution in [-0.2, 0) is 23.9 Å². The van der Waals surface area contributed by atoms with Crippen LogP contribution >= 0.6 is 0 Å². The topological polar surface area (TPSA) is 160 Å². The van der Waals surface area contributed by atoms with Crippen LogP contribution in [0, 0.1) is 0 Å². The first kappa shape index (κ1) is 20.6. The Hall–Kier alpha value is -1.43. The van der Waals surface area contributed by atoms with Crippen molar-refractivity contribution in [3.8, 4) is 0 Å². The molecule has 137 valence electrons. The molecule has 1 radical (unpaired) electrons. The molecule has 0 bridgehead atoms. The first-order chi connectivity index (χ1) is 11.1. The second-order valence-corrected chi connectivity index (χ2v) is 5.58. The Labute approximate surface area is 139 Å². The van der Waals surface area contributed by atoms with Crippen LogP contribution in [0.15, 0.2) is 0 Å². The summed E-state index contributed by atoms with van der Waals surface area (Å²) in [5, 5.41) is 28.9. The minimum absolute atomic E-state index is 0.593. The van der Waals surface area contributed by atoms with E-state index in [9.17, 15) is 24.6 Å². The van der Waals surface area contributed by atoms with Crippen LogP contribution in [0.5, 0.6) is 0 Å². The fraction of sp³-hybridized carbons (Fsp3) is 0.786. The fourth-order valence-corrected chi connectivity index (χ4v) is 2.44. The zero-order valence-electron chi connectivity index (χ0n) is 13.7. The Balaban J connectivity index is 2.90. The first-order valence-electron chi connectivity index (χ1n) is 7.40. The third-order valence-electron chi connectivity index (χ3n) is 3.76. The summed E-state index contributed by atoms with van der Waals surface area (Å²) < 4.78 is 10.3. The van der Waals surface area contributed by atoms with E-state index < -0.39 is 61.2 Å². The molecule has 5 N–H and O–H groups in total. The van der Waals surface area contributed by atoms with E-state index in [1.54, 1.807) is 0 Å². The Morgan fingerprint density at radius 1 is 1.38 bits per heavy atom. The van der Waals surface area contributed by atoms with E-state index >= 15 is 0 Å². The molecule has 1 fully saturated rings. The molecule has 0 aromatic heterocycles. The van der Waals surface area contributed by atoms with Crippen molar-refractivity contribution in [2.24, 2.45) is 5.73 Å². The zero-order valence-corrected chi connectivity index (χ0v) is 13.7. The highest BCUT2D eigenvalue weighted by atomic mass is 16.6. The third-order valence-corrected chi connectivity index (χ3v) is 3.76. The molecule has 24 heavy (non-hydrogen) atoms. The van der Waals surface area contributed by atoms with Crippen molar-refractivity contribution in [1.29, 1.82) is 0 Å². The van der Waals surface area contributed by atoms with Crippen LogP contribution in [0.25, 0.3) is 0 Å². The van der Waals surface area contributed by atoms with E-state index in [0.29, 0.717) is 4.90 Å². The summed E-state index contributed by atoms with van der Waals surface area (Å²) in [7, 11) is 0. The van der Waals surface area contributed by atoms with Gasteiger partial charge in [0.1, 0.15) is 30.5 Å². The number of hydrogen-bond donors (Lipinski definition) is 4. The van der Waals surface area contributed by atoms with Crippen molar-refractivity contribution in [1.82, 2.24) is 4.90 Å². The first-order valence-corrected chi connectivity index (χ1v) is 7.40. The summed E-state index contributed by atoms with van der Waals surface area (Å²) in [6.07, 6.45) is -4.99. The number of hydrogen-bond acceptors (Lipinski definition) is 9. The number of amides is 2. The van der Waals surface area contributed by atoms with Gasteiger partial charge in [-0.1, -0.05) is 0 Å². The van der Waals surface area contributed by atoms with Gasteiger partial charge < -0.3 is 30.5 Å². The molecule has 0 spiro atoms. The van der Waals surface area contributed by atoms with E-state index in [-0.39, 0.29) is 0 Å². The molecule has 1 saturated heterocycles. The second-order valence-electron chi connectivity index (χ2n) is 5.58. The summed E-state index contributed by atoms with van der Waals surface area (Å²) >= 11 is 0. The van der Waals surface area contributed by atoms with E-state index in [1.165, 1.54) is 20.1 Å². The fourth-order valence-electron chi connectivity index (χ4n) is 2.44. The van der Waals surface area contributed by atoms with Gasteiger partial charge in [-0.05, 0) is 13.8 Å². The van der Waals surface area contributed by atoms with Crippen LogP contribution in [0.3, 0.4) is 0 Å². The predicted octanol–water partition coefficient (Wildman–Crippen LogP) is -2.97. The SMILES string of the molecule is CC(=O)N(C(=O)C(C)O[C@@H]1[C@@H](N)[C@@H](O)O[C@H](CO)[C@H]1O)[C@@H](C)[C]=O. The number of nitrogens with zero attached hydrogens (tertiary/aromatic N) is 1. The molecule has 1 aliphatic rings. The number of carbonyl (C=O) groups excluding carboxylic acids is 3. The van der Waals surface area contributed by atoms with Crippen LogP contribution in [0.1, 0.15) is 20.8 Å². The van der Waals surface area contributed by atoms with Gasteiger partial charge in [0.15, 0.2) is 6.29 Å². The van der Waals surface area contributed by atoms with Gasteiger partial charge in [0.2, 0.25) is 12.2 Å². The van der Waals surface area contributed by atoms with Gasteiger partial charge in [-0.3, -0.25) is 19.3 Å². The van der Waals surface area contributed by atoms with Crippen molar-refractivity contribution in [3.05, 3.63) is 0 Å². The molecule has 2 amide bonds. The molecular weight excluding hydrogens is 324 g/mol. The highest BCUT2D eigenvalue weighted by Gasteiger charge is 2.45. The van der Waals surface area contributed by atoms with Crippen LogP contribution in [0.2, 0.25) is 0 Å². The maximum absolute atomic E-state index is 12.3. The lowest BCUT2D eigenvalue weighted by atomic mass is 9.97. The Morgan fingerprint density at radius 3 is 2.42 bits per heavy atom. The molecule has 1 rings (SSSR count). The van der Waals surface area contributed by atoms with Gasteiger partial charge in [0, 0.05) is 6.92 Å². The molecule has 0 aromatic rings. The van der Waals surface area contributed by atoms with Crippen molar-refractivity contribution in [3.63, 3.8) is 0 Å². The molecule has 1 aliphatic heterocycles. The molecule has 10 nitrogen and oxygen atoms in total. The van der Waals surface area contributed by atoms with Gasteiger partial charge in [-0.15, -0.1) is 0 Å². The van der Waals surface area contributed by atoms with Crippen molar-refractivity contribution in [2.75, 3.05) is 6.61 Å². The quantitative estimate of drug-likeness (QED) is 0.393. The standard InChI is InChI=1S/C14H23N2O8/c1-6(4-17)16(8(3)19)13(21)7(2)23-12-10(15)14(22)24-9(5-18)11(12)20/h6-7,9-12,14,18,20,22H,5,15H2,1-3H3/t6-,7?,9+,10+,11+,12+,14-/m0/s1. The number of imide groups is 1. The largest absolute Gasteiger partial charge is 0.394 e. The highest BCUT2D eigenvalue weighted by Crippen LogP contribution is 2.22. The monoisotopic (exact) mass is 347 g/mol. The van der Waals surface area contributed by atoms with Crippen LogP contribution in [-0.4, -0.2) is 87.7 Å². The number of carbonyl (C=O) groups is 2. The van der Waals surface area contributed by atoms with Gasteiger partial charge in [0.25, 0.3) is 5.91 Å². The average molecular weight is 347 g/mol. The van der Waals surface area contributed by atoms with Crippen molar-refractivity contribution >= 4 is 18.1 Å². The molecule has 7 atom stereocenters. The van der Waals surface area contributed by atoms with Gasteiger partial charge in [-0.25, -0.2) is 0 Å².